The van der Waals surface area contributed by atoms with Crippen LogP contribution in [0, 0.1) is 0 Å². The highest BCUT2D eigenvalue weighted by atomic mass is 15.2. The smallest absolute Gasteiger partial charge is 0.160 e. The van der Waals surface area contributed by atoms with Gasteiger partial charge in [0.2, 0.25) is 0 Å². The number of nitrogens with zero attached hydrogens (tertiary/aromatic N) is 3. The molecule has 18 heavy (non-hydrogen) atoms. The monoisotopic (exact) mass is 238 g/mol. The topological polar surface area (TPSA) is 56.2 Å². The average molecular weight is 238 g/mol. The van der Waals surface area contributed by atoms with Crippen LogP contribution in [0.5, 0.6) is 0 Å². The highest BCUT2D eigenvalue weighted by Gasteiger charge is 2.05. The Hall–Kier alpha value is -2.36. The quantitative estimate of drug-likeness (QED) is 0.760. The first kappa shape index (κ1) is 10.8. The van der Waals surface area contributed by atoms with Crippen LogP contribution in [0.3, 0.4) is 0 Å². The number of anilines is 1. The van der Waals surface area contributed by atoms with Crippen molar-refractivity contribution in [1.29, 1.82) is 0 Å². The first-order valence-electron chi connectivity index (χ1n) is 5.96. The van der Waals surface area contributed by atoms with Crippen molar-refractivity contribution < 1.29 is 0 Å². The van der Waals surface area contributed by atoms with E-state index in [4.69, 9.17) is 5.73 Å². The van der Waals surface area contributed by atoms with Crippen LogP contribution in [-0.4, -0.2) is 14.6 Å². The summed E-state index contributed by atoms with van der Waals surface area (Å²) in [4.78, 5) is 0. The summed E-state index contributed by atoms with van der Waals surface area (Å²) in [5.41, 5.74) is 8.65. The summed E-state index contributed by atoms with van der Waals surface area (Å²) in [6, 6.07) is 14.1. The van der Waals surface area contributed by atoms with E-state index in [1.165, 1.54) is 5.56 Å². The van der Waals surface area contributed by atoms with Gasteiger partial charge in [0.1, 0.15) is 5.82 Å². The van der Waals surface area contributed by atoms with Crippen LogP contribution < -0.4 is 5.73 Å². The second kappa shape index (κ2) is 4.49. The standard InChI is InChI=1S/C14H14N4/c15-12-7-9-14-17-16-13(18(14)10-12)8-6-11-4-2-1-3-5-11/h1-5,7,9-10H,6,8,15H2. The molecule has 2 aromatic heterocycles. The van der Waals surface area contributed by atoms with Gasteiger partial charge in [0.25, 0.3) is 0 Å². The van der Waals surface area contributed by atoms with Crippen LogP contribution in [0.1, 0.15) is 11.4 Å². The molecule has 0 bridgehead atoms. The van der Waals surface area contributed by atoms with E-state index in [1.54, 1.807) is 0 Å². The Morgan fingerprint density at radius 3 is 2.61 bits per heavy atom. The van der Waals surface area contributed by atoms with Crippen LogP contribution in [0.2, 0.25) is 0 Å². The number of hydrogen-bond acceptors (Lipinski definition) is 3. The number of fused-ring (bicyclic) bond motifs is 1. The molecule has 0 unspecified atom stereocenters. The Labute approximate surface area is 105 Å². The molecule has 0 fully saturated rings. The molecule has 4 heteroatoms. The molecule has 90 valence electrons. The Bertz CT molecular complexity index is 658. The zero-order chi connectivity index (χ0) is 12.4. The summed E-state index contributed by atoms with van der Waals surface area (Å²) < 4.78 is 1.96. The van der Waals surface area contributed by atoms with Crippen LogP contribution >= 0.6 is 0 Å². The molecule has 0 aliphatic carbocycles. The first-order valence-corrected chi connectivity index (χ1v) is 5.96. The number of aryl methyl sites for hydroxylation is 2. The van der Waals surface area contributed by atoms with Gasteiger partial charge in [0.15, 0.2) is 5.65 Å². The molecule has 0 radical (unpaired) electrons. The minimum absolute atomic E-state index is 0.725. The van der Waals surface area contributed by atoms with Gasteiger partial charge in [-0.1, -0.05) is 30.3 Å². The summed E-state index contributed by atoms with van der Waals surface area (Å²) >= 11 is 0. The molecule has 0 atom stereocenters. The van der Waals surface area contributed by atoms with Crippen molar-refractivity contribution in [3.63, 3.8) is 0 Å². The molecular formula is C14H14N4. The molecule has 0 aliphatic rings. The maximum Gasteiger partial charge on any atom is 0.160 e. The van der Waals surface area contributed by atoms with Crippen molar-refractivity contribution in [2.45, 2.75) is 12.8 Å². The van der Waals surface area contributed by atoms with E-state index in [-0.39, 0.29) is 0 Å². The second-order valence-corrected chi connectivity index (χ2v) is 4.29. The van der Waals surface area contributed by atoms with Crippen LogP contribution in [-0.2, 0) is 12.8 Å². The Kier molecular flexibility index (Phi) is 2.68. The van der Waals surface area contributed by atoms with Crippen molar-refractivity contribution in [2.24, 2.45) is 0 Å². The number of rotatable bonds is 3. The van der Waals surface area contributed by atoms with Crippen LogP contribution in [0.15, 0.2) is 48.7 Å². The SMILES string of the molecule is Nc1ccc2nnc(CCc3ccccc3)n2c1. The highest BCUT2D eigenvalue weighted by Crippen LogP contribution is 2.10. The van der Waals surface area contributed by atoms with Gasteiger partial charge in [-0.25, -0.2) is 0 Å². The van der Waals surface area contributed by atoms with E-state index in [0.717, 1.165) is 30.0 Å². The summed E-state index contributed by atoms with van der Waals surface area (Å²) in [5, 5.41) is 8.34. The molecule has 0 aliphatic heterocycles. The van der Waals surface area contributed by atoms with Crippen molar-refractivity contribution in [3.8, 4) is 0 Å². The maximum atomic E-state index is 5.78. The van der Waals surface area contributed by atoms with E-state index in [0.29, 0.717) is 0 Å². The highest BCUT2D eigenvalue weighted by molar-refractivity contribution is 5.47. The lowest BCUT2D eigenvalue weighted by Gasteiger charge is -2.01. The molecule has 3 rings (SSSR count). The van der Waals surface area contributed by atoms with Crippen molar-refractivity contribution in [2.75, 3.05) is 5.73 Å². The lowest BCUT2D eigenvalue weighted by atomic mass is 10.1. The molecule has 0 saturated carbocycles. The summed E-state index contributed by atoms with van der Waals surface area (Å²) in [6.45, 7) is 0. The molecule has 0 spiro atoms. The van der Waals surface area contributed by atoms with E-state index in [1.807, 2.05) is 28.8 Å². The fourth-order valence-corrected chi connectivity index (χ4v) is 2.03. The summed E-state index contributed by atoms with van der Waals surface area (Å²) in [7, 11) is 0. The van der Waals surface area contributed by atoms with Gasteiger partial charge in [-0.05, 0) is 24.1 Å². The molecule has 2 N–H and O–H groups in total. The van der Waals surface area contributed by atoms with Gasteiger partial charge >= 0.3 is 0 Å². The van der Waals surface area contributed by atoms with E-state index in [9.17, 15) is 0 Å². The zero-order valence-electron chi connectivity index (χ0n) is 9.95. The lowest BCUT2D eigenvalue weighted by molar-refractivity contribution is 0.839. The number of nitrogen functional groups attached to an aromatic ring is 1. The third kappa shape index (κ3) is 2.05. The van der Waals surface area contributed by atoms with Gasteiger partial charge in [-0.2, -0.15) is 0 Å². The Morgan fingerprint density at radius 2 is 1.78 bits per heavy atom. The van der Waals surface area contributed by atoms with Crippen LogP contribution in [0.4, 0.5) is 5.69 Å². The maximum absolute atomic E-state index is 5.78. The third-order valence-electron chi connectivity index (χ3n) is 2.98. The molecular weight excluding hydrogens is 224 g/mol. The fraction of sp³-hybridized carbons (Fsp3) is 0.143. The summed E-state index contributed by atoms with van der Waals surface area (Å²) in [6.07, 6.45) is 3.68. The van der Waals surface area contributed by atoms with Gasteiger partial charge < -0.3 is 5.73 Å². The average Bonchev–Trinajstić information content (AvgIpc) is 2.80. The van der Waals surface area contributed by atoms with Crippen molar-refractivity contribution >= 4 is 11.3 Å². The fourth-order valence-electron chi connectivity index (χ4n) is 2.03. The van der Waals surface area contributed by atoms with Gasteiger partial charge in [0, 0.05) is 18.3 Å². The summed E-state index contributed by atoms with van der Waals surface area (Å²) in [5.74, 6) is 0.946. The molecule has 0 amide bonds. The Balaban J connectivity index is 1.85. The predicted octanol–water partition coefficient (Wildman–Crippen LogP) is 2.10. The number of benzene rings is 1. The molecule has 4 nitrogen and oxygen atoms in total. The van der Waals surface area contributed by atoms with Gasteiger partial charge in [-0.15, -0.1) is 10.2 Å². The van der Waals surface area contributed by atoms with E-state index < -0.39 is 0 Å². The number of nitrogens with two attached hydrogens (primary N) is 1. The van der Waals surface area contributed by atoms with Crippen molar-refractivity contribution in [3.05, 3.63) is 60.0 Å². The molecule has 3 aromatic rings. The van der Waals surface area contributed by atoms with Crippen LogP contribution in [0.25, 0.3) is 5.65 Å². The number of hydrogen-bond donors (Lipinski definition) is 1. The number of aromatic nitrogens is 3. The molecule has 2 heterocycles. The predicted molar refractivity (Wildman–Crippen MR) is 71.2 cm³/mol. The minimum Gasteiger partial charge on any atom is -0.398 e. The van der Waals surface area contributed by atoms with E-state index in [2.05, 4.69) is 34.5 Å². The van der Waals surface area contributed by atoms with Crippen molar-refractivity contribution in [1.82, 2.24) is 14.6 Å². The first-order chi connectivity index (χ1) is 8.83. The lowest BCUT2D eigenvalue weighted by Crippen LogP contribution is -1.99. The molecule has 0 saturated heterocycles. The largest absolute Gasteiger partial charge is 0.398 e. The van der Waals surface area contributed by atoms with Gasteiger partial charge in [-0.3, -0.25) is 4.40 Å². The second-order valence-electron chi connectivity index (χ2n) is 4.29. The van der Waals surface area contributed by atoms with Gasteiger partial charge in [0.05, 0.1) is 0 Å². The minimum atomic E-state index is 0.725. The third-order valence-corrected chi connectivity index (χ3v) is 2.98. The Morgan fingerprint density at radius 1 is 0.944 bits per heavy atom. The molecule has 1 aromatic carbocycles. The number of pyridine rings is 1. The van der Waals surface area contributed by atoms with E-state index >= 15 is 0 Å². The zero-order valence-corrected chi connectivity index (χ0v) is 9.95. The normalized spacial score (nSPS) is 10.9.